The quantitative estimate of drug-likeness (QED) is 0.666. The number of piperidine rings is 1. The van der Waals surface area contributed by atoms with E-state index in [4.69, 9.17) is 0 Å². The first-order chi connectivity index (χ1) is 7.74. The standard InChI is InChI=1S/C14H23NO/c1-10-2-5-12(6-3-10)14(16)15-9-11-4-7-13(15)8-11/h10-13H,2-9H2,1H3/t10?,11-,12?,13+/m0/s1. The zero-order chi connectivity index (χ0) is 11.1. The van der Waals surface area contributed by atoms with Crippen molar-refractivity contribution in [2.45, 2.75) is 57.9 Å². The van der Waals surface area contributed by atoms with Crippen molar-refractivity contribution in [2.75, 3.05) is 6.54 Å². The fourth-order valence-corrected chi connectivity index (χ4v) is 3.94. The van der Waals surface area contributed by atoms with Crippen molar-refractivity contribution >= 4 is 5.91 Å². The molecule has 0 aromatic heterocycles. The third-order valence-electron chi connectivity index (χ3n) is 5.06. The Labute approximate surface area is 98.4 Å². The molecule has 1 amide bonds. The summed E-state index contributed by atoms with van der Waals surface area (Å²) in [6.07, 6.45) is 8.77. The molecular formula is C14H23NO. The molecule has 90 valence electrons. The topological polar surface area (TPSA) is 20.3 Å². The maximum Gasteiger partial charge on any atom is 0.225 e. The highest BCUT2D eigenvalue weighted by molar-refractivity contribution is 5.79. The Morgan fingerprint density at radius 3 is 2.38 bits per heavy atom. The summed E-state index contributed by atoms with van der Waals surface area (Å²) in [5.74, 6) is 2.56. The number of hydrogen-bond acceptors (Lipinski definition) is 1. The first-order valence-electron chi connectivity index (χ1n) is 7.04. The smallest absolute Gasteiger partial charge is 0.225 e. The molecule has 2 aliphatic carbocycles. The maximum absolute atomic E-state index is 12.4. The van der Waals surface area contributed by atoms with Crippen LogP contribution in [0.1, 0.15) is 51.9 Å². The summed E-state index contributed by atoms with van der Waals surface area (Å²) in [6.45, 7) is 3.40. The van der Waals surface area contributed by atoms with Crippen molar-refractivity contribution in [3.05, 3.63) is 0 Å². The van der Waals surface area contributed by atoms with E-state index in [-0.39, 0.29) is 0 Å². The summed E-state index contributed by atoms with van der Waals surface area (Å²) in [5, 5.41) is 0. The molecule has 0 N–H and O–H groups in total. The molecule has 2 saturated carbocycles. The van der Waals surface area contributed by atoms with Crippen LogP contribution in [0, 0.1) is 17.8 Å². The van der Waals surface area contributed by atoms with E-state index in [1.807, 2.05) is 0 Å². The fourth-order valence-electron chi connectivity index (χ4n) is 3.94. The first kappa shape index (κ1) is 10.6. The first-order valence-corrected chi connectivity index (χ1v) is 7.04. The molecule has 0 radical (unpaired) electrons. The number of likely N-dealkylation sites (tertiary alicyclic amines) is 1. The van der Waals surface area contributed by atoms with E-state index in [1.54, 1.807) is 0 Å². The zero-order valence-corrected chi connectivity index (χ0v) is 10.3. The number of nitrogens with zero attached hydrogens (tertiary/aromatic N) is 1. The van der Waals surface area contributed by atoms with Gasteiger partial charge in [-0.3, -0.25) is 4.79 Å². The molecule has 3 fully saturated rings. The molecule has 2 nitrogen and oxygen atoms in total. The largest absolute Gasteiger partial charge is 0.339 e. The molecular weight excluding hydrogens is 198 g/mol. The molecule has 16 heavy (non-hydrogen) atoms. The van der Waals surface area contributed by atoms with Crippen LogP contribution in [0.2, 0.25) is 0 Å². The van der Waals surface area contributed by atoms with Crippen molar-refractivity contribution < 1.29 is 4.79 Å². The summed E-state index contributed by atoms with van der Waals surface area (Å²) in [5.41, 5.74) is 0. The van der Waals surface area contributed by atoms with Crippen LogP contribution in [-0.4, -0.2) is 23.4 Å². The Hall–Kier alpha value is -0.530. The molecule has 1 saturated heterocycles. The van der Waals surface area contributed by atoms with Crippen LogP contribution < -0.4 is 0 Å². The third-order valence-corrected chi connectivity index (χ3v) is 5.06. The highest BCUT2D eigenvalue weighted by atomic mass is 16.2. The van der Waals surface area contributed by atoms with E-state index >= 15 is 0 Å². The zero-order valence-electron chi connectivity index (χ0n) is 10.3. The van der Waals surface area contributed by atoms with Crippen molar-refractivity contribution in [3.8, 4) is 0 Å². The summed E-state index contributed by atoms with van der Waals surface area (Å²) in [4.78, 5) is 14.7. The Balaban J connectivity index is 1.61. The number of hydrogen-bond donors (Lipinski definition) is 0. The second-order valence-corrected chi connectivity index (χ2v) is 6.28. The molecule has 2 bridgehead atoms. The molecule has 0 aromatic rings. The Kier molecular flexibility index (Phi) is 2.68. The van der Waals surface area contributed by atoms with Crippen LogP contribution in [0.15, 0.2) is 0 Å². The normalized spacial score (nSPS) is 42.7. The lowest BCUT2D eigenvalue weighted by molar-refractivity contribution is -0.138. The number of amides is 1. The molecule has 2 heteroatoms. The minimum absolute atomic E-state index is 0.371. The Bertz CT molecular complexity index is 280. The Morgan fingerprint density at radius 1 is 1.06 bits per heavy atom. The molecule has 0 spiro atoms. The molecule has 2 atom stereocenters. The third kappa shape index (κ3) is 1.76. The lowest BCUT2D eigenvalue weighted by Gasteiger charge is -2.33. The monoisotopic (exact) mass is 221 g/mol. The lowest BCUT2D eigenvalue weighted by Crippen LogP contribution is -2.42. The van der Waals surface area contributed by atoms with Gasteiger partial charge in [0.1, 0.15) is 0 Å². The SMILES string of the molecule is CC1CCC(C(=O)N2C[C@H]3CC[C@@H]2C3)CC1. The van der Waals surface area contributed by atoms with E-state index in [9.17, 15) is 4.79 Å². The van der Waals surface area contributed by atoms with Crippen LogP contribution in [0.25, 0.3) is 0 Å². The van der Waals surface area contributed by atoms with Gasteiger partial charge in [-0.1, -0.05) is 6.92 Å². The van der Waals surface area contributed by atoms with Crippen LogP contribution in [0.5, 0.6) is 0 Å². The lowest BCUT2D eigenvalue weighted by atomic mass is 9.82. The summed E-state index contributed by atoms with van der Waals surface area (Å²) in [6, 6.07) is 0.622. The average molecular weight is 221 g/mol. The van der Waals surface area contributed by atoms with Crippen molar-refractivity contribution in [1.29, 1.82) is 0 Å². The van der Waals surface area contributed by atoms with Crippen LogP contribution >= 0.6 is 0 Å². The van der Waals surface area contributed by atoms with Gasteiger partial charge in [-0.05, 0) is 56.8 Å². The van der Waals surface area contributed by atoms with Gasteiger partial charge in [0.25, 0.3) is 0 Å². The van der Waals surface area contributed by atoms with Crippen LogP contribution in [0.4, 0.5) is 0 Å². The second-order valence-electron chi connectivity index (χ2n) is 6.28. The molecule has 0 unspecified atom stereocenters. The molecule has 3 rings (SSSR count). The summed E-state index contributed by atoms with van der Waals surface area (Å²) in [7, 11) is 0. The van der Waals surface area contributed by atoms with E-state index in [0.29, 0.717) is 17.9 Å². The van der Waals surface area contributed by atoms with Crippen molar-refractivity contribution in [1.82, 2.24) is 4.90 Å². The maximum atomic E-state index is 12.4. The molecule has 0 aromatic carbocycles. The number of carbonyl (C=O) groups is 1. The van der Waals surface area contributed by atoms with Gasteiger partial charge < -0.3 is 4.90 Å². The van der Waals surface area contributed by atoms with Gasteiger partial charge >= 0.3 is 0 Å². The summed E-state index contributed by atoms with van der Waals surface area (Å²) < 4.78 is 0. The highest BCUT2D eigenvalue weighted by Crippen LogP contribution is 2.39. The predicted octanol–water partition coefficient (Wildman–Crippen LogP) is 2.82. The van der Waals surface area contributed by atoms with Crippen LogP contribution in [0.3, 0.4) is 0 Å². The van der Waals surface area contributed by atoms with E-state index < -0.39 is 0 Å². The van der Waals surface area contributed by atoms with Gasteiger partial charge in [-0.2, -0.15) is 0 Å². The van der Waals surface area contributed by atoms with E-state index in [0.717, 1.165) is 31.2 Å². The fraction of sp³-hybridized carbons (Fsp3) is 0.929. The molecule has 1 heterocycles. The highest BCUT2D eigenvalue weighted by Gasteiger charge is 2.42. The van der Waals surface area contributed by atoms with E-state index in [1.165, 1.54) is 32.1 Å². The van der Waals surface area contributed by atoms with Gasteiger partial charge in [0, 0.05) is 18.5 Å². The van der Waals surface area contributed by atoms with Crippen LogP contribution in [-0.2, 0) is 4.79 Å². The Morgan fingerprint density at radius 2 is 1.81 bits per heavy atom. The van der Waals surface area contributed by atoms with Gasteiger partial charge in [-0.25, -0.2) is 0 Å². The van der Waals surface area contributed by atoms with Gasteiger partial charge in [0.2, 0.25) is 5.91 Å². The number of rotatable bonds is 1. The van der Waals surface area contributed by atoms with E-state index in [2.05, 4.69) is 11.8 Å². The summed E-state index contributed by atoms with van der Waals surface area (Å²) >= 11 is 0. The second kappa shape index (κ2) is 4.05. The number of carbonyl (C=O) groups excluding carboxylic acids is 1. The molecule has 1 aliphatic heterocycles. The van der Waals surface area contributed by atoms with Crippen molar-refractivity contribution in [3.63, 3.8) is 0 Å². The van der Waals surface area contributed by atoms with Gasteiger partial charge in [-0.15, -0.1) is 0 Å². The average Bonchev–Trinajstić information content (AvgIpc) is 2.91. The van der Waals surface area contributed by atoms with Gasteiger partial charge in [0.15, 0.2) is 0 Å². The number of fused-ring (bicyclic) bond motifs is 2. The minimum Gasteiger partial charge on any atom is -0.339 e. The molecule has 3 aliphatic rings. The predicted molar refractivity (Wildman–Crippen MR) is 64.0 cm³/mol. The van der Waals surface area contributed by atoms with Gasteiger partial charge in [0.05, 0.1) is 0 Å². The minimum atomic E-state index is 0.371. The van der Waals surface area contributed by atoms with Crippen molar-refractivity contribution in [2.24, 2.45) is 17.8 Å².